The van der Waals surface area contributed by atoms with E-state index in [1.165, 1.54) is 5.56 Å². The van der Waals surface area contributed by atoms with Gasteiger partial charge in [0.15, 0.2) is 5.82 Å². The van der Waals surface area contributed by atoms with E-state index < -0.39 is 5.97 Å². The van der Waals surface area contributed by atoms with Crippen LogP contribution in [0.1, 0.15) is 29.2 Å². The summed E-state index contributed by atoms with van der Waals surface area (Å²) in [6.07, 6.45) is 0.999. The van der Waals surface area contributed by atoms with Gasteiger partial charge in [0.2, 0.25) is 5.01 Å². The number of nitrogens with zero attached hydrogens (tertiary/aromatic N) is 2. The van der Waals surface area contributed by atoms with E-state index in [-0.39, 0.29) is 0 Å². The molecule has 0 aliphatic carbocycles. The highest BCUT2D eigenvalue weighted by molar-refractivity contribution is 7.07. The minimum atomic E-state index is -0.411. The van der Waals surface area contributed by atoms with Crippen LogP contribution in [0, 0.1) is 0 Å². The summed E-state index contributed by atoms with van der Waals surface area (Å²) in [6.45, 7) is 4.22. The van der Waals surface area contributed by atoms with Crippen molar-refractivity contribution in [2.24, 2.45) is 0 Å². The van der Waals surface area contributed by atoms with Gasteiger partial charge in [-0.1, -0.05) is 31.2 Å². The van der Waals surface area contributed by atoms with Crippen molar-refractivity contribution in [1.29, 1.82) is 0 Å². The third-order valence-corrected chi connectivity index (χ3v) is 3.19. The van der Waals surface area contributed by atoms with Crippen LogP contribution >= 0.6 is 11.5 Å². The molecule has 1 aromatic carbocycles. The van der Waals surface area contributed by atoms with Crippen molar-refractivity contribution in [3.63, 3.8) is 0 Å². The van der Waals surface area contributed by atoms with Gasteiger partial charge in [-0.25, -0.2) is 9.78 Å². The summed E-state index contributed by atoms with van der Waals surface area (Å²) < 4.78 is 9.06. The van der Waals surface area contributed by atoms with Gasteiger partial charge in [-0.2, -0.15) is 4.37 Å². The number of benzene rings is 1. The van der Waals surface area contributed by atoms with Crippen LogP contribution in [0.3, 0.4) is 0 Å². The van der Waals surface area contributed by atoms with Crippen LogP contribution in [0.2, 0.25) is 0 Å². The number of carbonyl (C=O) groups excluding carboxylic acids is 1. The van der Waals surface area contributed by atoms with Crippen LogP contribution in [0.4, 0.5) is 0 Å². The molecule has 0 bridgehead atoms. The number of aryl methyl sites for hydroxylation is 1. The molecule has 0 saturated heterocycles. The number of ether oxygens (including phenoxy) is 1. The molecule has 0 fully saturated rings. The molecular formula is C13H14N2O2S. The van der Waals surface area contributed by atoms with Crippen LogP contribution in [0.15, 0.2) is 24.3 Å². The quantitative estimate of drug-likeness (QED) is 0.795. The second-order valence-corrected chi connectivity index (χ2v) is 4.45. The molecule has 2 rings (SSSR count). The SMILES string of the molecule is CCOC(=O)c1nc(-c2ccc(CC)cc2)ns1. The highest BCUT2D eigenvalue weighted by Crippen LogP contribution is 2.19. The number of aromatic nitrogens is 2. The molecule has 1 heterocycles. The first-order valence-electron chi connectivity index (χ1n) is 5.84. The summed E-state index contributed by atoms with van der Waals surface area (Å²) in [5.41, 5.74) is 2.18. The van der Waals surface area contributed by atoms with Gasteiger partial charge >= 0.3 is 5.97 Å². The Morgan fingerprint density at radius 1 is 1.28 bits per heavy atom. The van der Waals surface area contributed by atoms with Crippen molar-refractivity contribution < 1.29 is 9.53 Å². The fourth-order valence-electron chi connectivity index (χ4n) is 1.51. The first kappa shape index (κ1) is 12.7. The summed E-state index contributed by atoms with van der Waals surface area (Å²) in [5.74, 6) is 0.164. The molecule has 0 aliphatic rings. The molecule has 5 heteroatoms. The molecule has 0 unspecified atom stereocenters. The summed E-state index contributed by atoms with van der Waals surface area (Å²) in [5, 5.41) is 0.298. The first-order chi connectivity index (χ1) is 8.74. The van der Waals surface area contributed by atoms with Crippen molar-refractivity contribution in [3.8, 4) is 11.4 Å². The lowest BCUT2D eigenvalue weighted by Crippen LogP contribution is -2.03. The number of hydrogen-bond acceptors (Lipinski definition) is 5. The lowest BCUT2D eigenvalue weighted by molar-refractivity contribution is 0.0526. The van der Waals surface area contributed by atoms with Crippen molar-refractivity contribution in [2.45, 2.75) is 20.3 Å². The molecule has 4 nitrogen and oxygen atoms in total. The van der Waals surface area contributed by atoms with Crippen LogP contribution in [0.25, 0.3) is 11.4 Å². The van der Waals surface area contributed by atoms with E-state index in [9.17, 15) is 4.79 Å². The third kappa shape index (κ3) is 2.73. The number of esters is 1. The van der Waals surface area contributed by atoms with E-state index in [0.717, 1.165) is 23.5 Å². The Morgan fingerprint density at radius 2 is 2.00 bits per heavy atom. The molecule has 0 saturated carbocycles. The lowest BCUT2D eigenvalue weighted by atomic mass is 10.1. The molecule has 0 N–H and O–H groups in total. The minimum absolute atomic E-state index is 0.298. The third-order valence-electron chi connectivity index (χ3n) is 2.50. The van der Waals surface area contributed by atoms with E-state index in [2.05, 4.69) is 16.3 Å². The van der Waals surface area contributed by atoms with E-state index in [4.69, 9.17) is 4.74 Å². The molecule has 2 aromatic rings. The van der Waals surface area contributed by atoms with Gasteiger partial charge in [-0.05, 0) is 30.4 Å². The Balaban J connectivity index is 2.20. The summed E-state index contributed by atoms with van der Waals surface area (Å²) >= 11 is 1.07. The van der Waals surface area contributed by atoms with Crippen molar-refractivity contribution in [1.82, 2.24) is 9.36 Å². The van der Waals surface area contributed by atoms with Crippen molar-refractivity contribution in [2.75, 3.05) is 6.61 Å². The van der Waals surface area contributed by atoms with Crippen LogP contribution < -0.4 is 0 Å². The highest BCUT2D eigenvalue weighted by Gasteiger charge is 2.14. The van der Waals surface area contributed by atoms with Gasteiger partial charge in [0, 0.05) is 5.56 Å². The van der Waals surface area contributed by atoms with E-state index in [1.807, 2.05) is 24.3 Å². The summed E-state index contributed by atoms with van der Waals surface area (Å²) in [4.78, 5) is 15.7. The molecule has 0 spiro atoms. The zero-order valence-corrected chi connectivity index (χ0v) is 11.2. The van der Waals surface area contributed by atoms with E-state index >= 15 is 0 Å². The predicted octanol–water partition coefficient (Wildman–Crippen LogP) is 2.94. The molecule has 0 atom stereocenters. The molecule has 94 valence electrons. The average Bonchev–Trinajstić information content (AvgIpc) is 2.89. The van der Waals surface area contributed by atoms with Crippen molar-refractivity contribution in [3.05, 3.63) is 34.8 Å². The maximum absolute atomic E-state index is 11.5. The van der Waals surface area contributed by atoms with Gasteiger partial charge in [0.05, 0.1) is 6.61 Å². The summed E-state index contributed by atoms with van der Waals surface area (Å²) in [7, 11) is 0. The van der Waals surface area contributed by atoms with Gasteiger partial charge in [0.1, 0.15) is 0 Å². The number of carbonyl (C=O) groups is 1. The Hall–Kier alpha value is -1.75. The molecule has 0 aliphatic heterocycles. The topological polar surface area (TPSA) is 52.1 Å². The molecular weight excluding hydrogens is 248 g/mol. The van der Waals surface area contributed by atoms with Crippen molar-refractivity contribution >= 4 is 17.5 Å². The first-order valence-corrected chi connectivity index (χ1v) is 6.62. The van der Waals surface area contributed by atoms with Gasteiger partial charge < -0.3 is 4.74 Å². The van der Waals surface area contributed by atoms with E-state index in [0.29, 0.717) is 17.4 Å². The zero-order chi connectivity index (χ0) is 13.0. The minimum Gasteiger partial charge on any atom is -0.461 e. The van der Waals surface area contributed by atoms with Gasteiger partial charge in [-0.15, -0.1) is 0 Å². The van der Waals surface area contributed by atoms with E-state index in [1.54, 1.807) is 6.92 Å². The van der Waals surface area contributed by atoms with Crippen LogP contribution in [0.5, 0.6) is 0 Å². The van der Waals surface area contributed by atoms with Gasteiger partial charge in [-0.3, -0.25) is 0 Å². The largest absolute Gasteiger partial charge is 0.461 e. The number of hydrogen-bond donors (Lipinski definition) is 0. The monoisotopic (exact) mass is 262 g/mol. The standard InChI is InChI=1S/C13H14N2O2S/c1-3-9-5-7-10(8-6-9)11-14-12(18-15-11)13(16)17-4-2/h5-8H,3-4H2,1-2H3. The second-order valence-electron chi connectivity index (χ2n) is 3.69. The Labute approximate surface area is 110 Å². The van der Waals surface area contributed by atoms with Crippen LogP contribution in [-0.2, 0) is 11.2 Å². The summed E-state index contributed by atoms with van der Waals surface area (Å²) in [6, 6.07) is 8.02. The lowest BCUT2D eigenvalue weighted by Gasteiger charge is -1.98. The molecule has 0 radical (unpaired) electrons. The number of rotatable bonds is 4. The Morgan fingerprint density at radius 3 is 2.61 bits per heavy atom. The maximum atomic E-state index is 11.5. The predicted molar refractivity (Wildman–Crippen MR) is 70.7 cm³/mol. The smallest absolute Gasteiger partial charge is 0.369 e. The normalized spacial score (nSPS) is 10.3. The maximum Gasteiger partial charge on any atom is 0.369 e. The Kier molecular flexibility index (Phi) is 4.04. The fourth-order valence-corrected chi connectivity index (χ4v) is 2.09. The average molecular weight is 262 g/mol. The zero-order valence-electron chi connectivity index (χ0n) is 10.3. The highest BCUT2D eigenvalue weighted by atomic mass is 32.1. The molecule has 0 amide bonds. The molecule has 1 aromatic heterocycles. The Bertz CT molecular complexity index is 534. The van der Waals surface area contributed by atoms with Gasteiger partial charge in [0.25, 0.3) is 0 Å². The van der Waals surface area contributed by atoms with Crippen LogP contribution in [-0.4, -0.2) is 21.9 Å². The fraction of sp³-hybridized carbons (Fsp3) is 0.308. The molecule has 18 heavy (non-hydrogen) atoms. The second kappa shape index (κ2) is 5.73.